The highest BCUT2D eigenvalue weighted by Gasteiger charge is 2.30. The zero-order valence-electron chi connectivity index (χ0n) is 10.3. The largest absolute Gasteiger partial charge is 0.476 e. The van der Waals surface area contributed by atoms with Gasteiger partial charge in [0.2, 0.25) is 5.91 Å². The van der Waals surface area contributed by atoms with Crippen molar-refractivity contribution in [3.8, 4) is 0 Å². The first-order chi connectivity index (χ1) is 9.10. The van der Waals surface area contributed by atoms with Crippen LogP contribution in [0.25, 0.3) is 0 Å². The third-order valence-corrected chi connectivity index (χ3v) is 2.85. The molecule has 2 heterocycles. The number of likely N-dealkylation sites (tertiary alicyclic amines) is 1. The molecule has 0 unspecified atom stereocenters. The van der Waals surface area contributed by atoms with E-state index in [4.69, 9.17) is 5.11 Å². The Kier molecular flexibility index (Phi) is 3.91. The number of carboxylic acids is 1. The fraction of sp³-hybridized carbons (Fsp3) is 0.455. The molecule has 0 saturated carbocycles. The van der Waals surface area contributed by atoms with E-state index in [2.05, 4.69) is 22.2 Å². The predicted molar refractivity (Wildman–Crippen MR) is 65.7 cm³/mol. The zero-order chi connectivity index (χ0) is 13.8. The Bertz CT molecular complexity index is 492. The van der Waals surface area contributed by atoms with Crippen molar-refractivity contribution in [2.45, 2.75) is 6.04 Å². The van der Waals surface area contributed by atoms with Gasteiger partial charge < -0.3 is 10.4 Å². The van der Waals surface area contributed by atoms with Crippen LogP contribution in [0, 0.1) is 0 Å². The van der Waals surface area contributed by atoms with Gasteiger partial charge in [-0.15, -0.1) is 11.7 Å². The topological polar surface area (TPSA) is 100 Å². The molecule has 2 N–H and O–H groups in total. The van der Waals surface area contributed by atoms with Crippen molar-refractivity contribution in [1.82, 2.24) is 25.2 Å². The molecular formula is C11H15N5O3. The lowest BCUT2D eigenvalue weighted by atomic mass is 10.1. The summed E-state index contributed by atoms with van der Waals surface area (Å²) in [7, 11) is 0. The highest BCUT2D eigenvalue weighted by atomic mass is 16.4. The summed E-state index contributed by atoms with van der Waals surface area (Å²) in [5, 5.41) is 18.7. The standard InChI is InChI=1S/C11H15N5O3/c1-2-3-12-10(17)7-15-4-8(5-15)16-6-9(11(18)19)13-14-16/h2,6,8H,1,3-5,7H2,(H,12,17)(H,18,19). The lowest BCUT2D eigenvalue weighted by Gasteiger charge is -2.38. The molecule has 1 aromatic heterocycles. The Hall–Kier alpha value is -2.22. The van der Waals surface area contributed by atoms with Gasteiger partial charge in [-0.2, -0.15) is 0 Å². The highest BCUT2D eigenvalue weighted by Crippen LogP contribution is 2.19. The van der Waals surface area contributed by atoms with E-state index in [1.165, 1.54) is 10.9 Å². The second-order valence-corrected chi connectivity index (χ2v) is 4.33. The van der Waals surface area contributed by atoms with E-state index in [1.54, 1.807) is 6.08 Å². The molecule has 102 valence electrons. The zero-order valence-corrected chi connectivity index (χ0v) is 10.3. The molecule has 1 aromatic rings. The average molecular weight is 265 g/mol. The molecule has 1 saturated heterocycles. The van der Waals surface area contributed by atoms with E-state index in [0.29, 0.717) is 26.2 Å². The molecule has 1 fully saturated rings. The van der Waals surface area contributed by atoms with Gasteiger partial charge in [-0.05, 0) is 0 Å². The smallest absolute Gasteiger partial charge is 0.358 e. The number of rotatable bonds is 6. The van der Waals surface area contributed by atoms with Crippen LogP contribution < -0.4 is 5.32 Å². The maximum absolute atomic E-state index is 11.4. The Labute approximate surface area is 109 Å². The van der Waals surface area contributed by atoms with Crippen LogP contribution in [0.1, 0.15) is 16.5 Å². The Morgan fingerprint density at radius 1 is 1.58 bits per heavy atom. The molecule has 0 aliphatic carbocycles. The van der Waals surface area contributed by atoms with Gasteiger partial charge in [-0.25, -0.2) is 9.48 Å². The Morgan fingerprint density at radius 2 is 2.32 bits per heavy atom. The predicted octanol–water partition coefficient (Wildman–Crippen LogP) is -0.865. The van der Waals surface area contributed by atoms with Crippen molar-refractivity contribution in [1.29, 1.82) is 0 Å². The van der Waals surface area contributed by atoms with Crippen molar-refractivity contribution in [3.05, 3.63) is 24.5 Å². The van der Waals surface area contributed by atoms with Crippen molar-refractivity contribution in [2.75, 3.05) is 26.2 Å². The molecule has 0 radical (unpaired) electrons. The fourth-order valence-electron chi connectivity index (χ4n) is 1.84. The maximum Gasteiger partial charge on any atom is 0.358 e. The lowest BCUT2D eigenvalue weighted by molar-refractivity contribution is -0.123. The number of amides is 1. The number of aromatic nitrogens is 3. The number of aromatic carboxylic acids is 1. The van der Waals surface area contributed by atoms with Crippen LogP contribution in [0.3, 0.4) is 0 Å². The first-order valence-corrected chi connectivity index (χ1v) is 5.85. The minimum Gasteiger partial charge on any atom is -0.476 e. The number of hydrogen-bond acceptors (Lipinski definition) is 5. The van der Waals surface area contributed by atoms with Crippen molar-refractivity contribution >= 4 is 11.9 Å². The summed E-state index contributed by atoms with van der Waals surface area (Å²) in [6.45, 7) is 5.62. The molecule has 19 heavy (non-hydrogen) atoms. The van der Waals surface area contributed by atoms with Gasteiger partial charge in [-0.1, -0.05) is 11.3 Å². The van der Waals surface area contributed by atoms with Crippen LogP contribution in [0.15, 0.2) is 18.9 Å². The summed E-state index contributed by atoms with van der Waals surface area (Å²) < 4.78 is 1.53. The van der Waals surface area contributed by atoms with Gasteiger partial charge in [0.1, 0.15) is 0 Å². The van der Waals surface area contributed by atoms with Gasteiger partial charge >= 0.3 is 5.97 Å². The Morgan fingerprint density at radius 3 is 2.89 bits per heavy atom. The van der Waals surface area contributed by atoms with Gasteiger partial charge in [0.05, 0.1) is 18.8 Å². The molecule has 8 nitrogen and oxygen atoms in total. The van der Waals surface area contributed by atoms with Crippen LogP contribution in [0.4, 0.5) is 0 Å². The van der Waals surface area contributed by atoms with E-state index in [9.17, 15) is 9.59 Å². The second-order valence-electron chi connectivity index (χ2n) is 4.33. The number of nitrogens with one attached hydrogen (secondary N) is 1. The highest BCUT2D eigenvalue weighted by molar-refractivity contribution is 5.84. The first kappa shape index (κ1) is 13.2. The third kappa shape index (κ3) is 3.16. The van der Waals surface area contributed by atoms with E-state index >= 15 is 0 Å². The minimum absolute atomic E-state index is 0.0526. The summed E-state index contributed by atoms with van der Waals surface area (Å²) in [5.41, 5.74) is -0.0674. The second kappa shape index (κ2) is 5.61. The van der Waals surface area contributed by atoms with E-state index < -0.39 is 5.97 Å². The summed E-state index contributed by atoms with van der Waals surface area (Å²) >= 11 is 0. The van der Waals surface area contributed by atoms with Gasteiger partial charge in [0.15, 0.2) is 5.69 Å². The molecular weight excluding hydrogens is 250 g/mol. The van der Waals surface area contributed by atoms with Crippen molar-refractivity contribution < 1.29 is 14.7 Å². The number of carbonyl (C=O) groups excluding carboxylic acids is 1. The van der Waals surface area contributed by atoms with Crippen LogP contribution in [0.5, 0.6) is 0 Å². The van der Waals surface area contributed by atoms with Crippen LogP contribution >= 0.6 is 0 Å². The number of nitrogens with zero attached hydrogens (tertiary/aromatic N) is 4. The normalized spacial score (nSPS) is 15.8. The molecule has 1 aliphatic heterocycles. The van der Waals surface area contributed by atoms with Gasteiger partial charge in [0.25, 0.3) is 0 Å². The lowest BCUT2D eigenvalue weighted by Crippen LogP contribution is -2.51. The average Bonchev–Trinajstić information content (AvgIpc) is 2.79. The number of carboxylic acid groups (broad SMARTS) is 1. The number of carbonyl (C=O) groups is 2. The van der Waals surface area contributed by atoms with E-state index in [1.807, 2.05) is 4.90 Å². The molecule has 0 bridgehead atoms. The monoisotopic (exact) mass is 265 g/mol. The molecule has 2 rings (SSSR count). The van der Waals surface area contributed by atoms with E-state index in [-0.39, 0.29) is 17.6 Å². The van der Waals surface area contributed by atoms with Gasteiger partial charge in [0, 0.05) is 19.6 Å². The molecule has 1 amide bonds. The quantitative estimate of drug-likeness (QED) is 0.649. The molecule has 0 atom stereocenters. The molecule has 1 aliphatic rings. The fourth-order valence-corrected chi connectivity index (χ4v) is 1.84. The SMILES string of the molecule is C=CCNC(=O)CN1CC(n2cc(C(=O)O)nn2)C1. The van der Waals surface area contributed by atoms with E-state index in [0.717, 1.165) is 0 Å². The molecule has 0 spiro atoms. The number of hydrogen-bond donors (Lipinski definition) is 2. The van der Waals surface area contributed by atoms with Gasteiger partial charge in [-0.3, -0.25) is 9.69 Å². The third-order valence-electron chi connectivity index (χ3n) is 2.85. The van der Waals surface area contributed by atoms with Crippen molar-refractivity contribution in [2.24, 2.45) is 0 Å². The minimum atomic E-state index is -1.09. The first-order valence-electron chi connectivity index (χ1n) is 5.85. The maximum atomic E-state index is 11.4. The summed E-state index contributed by atoms with van der Waals surface area (Å²) in [6, 6.07) is 0.0767. The van der Waals surface area contributed by atoms with Crippen molar-refractivity contribution in [3.63, 3.8) is 0 Å². The van der Waals surface area contributed by atoms with Crippen LogP contribution in [-0.2, 0) is 4.79 Å². The molecule has 8 heteroatoms. The van der Waals surface area contributed by atoms with Crippen LogP contribution in [-0.4, -0.2) is 63.1 Å². The summed E-state index contributed by atoms with van der Waals surface area (Å²) in [4.78, 5) is 24.0. The Balaban J connectivity index is 1.77. The molecule has 0 aromatic carbocycles. The summed E-state index contributed by atoms with van der Waals surface area (Å²) in [6.07, 6.45) is 3.03. The van der Waals surface area contributed by atoms with Crippen LogP contribution in [0.2, 0.25) is 0 Å². The summed E-state index contributed by atoms with van der Waals surface area (Å²) in [5.74, 6) is -1.14.